The lowest BCUT2D eigenvalue weighted by molar-refractivity contribution is 0.104. The monoisotopic (exact) mass is 287 g/mol. The summed E-state index contributed by atoms with van der Waals surface area (Å²) in [5, 5.41) is 10.6. The fraction of sp³-hybridized carbons (Fsp3) is 0.0526. The Morgan fingerprint density at radius 2 is 1.91 bits per heavy atom. The molecule has 2 aromatic carbocycles. The number of carbonyl (C=O) groups excluding carboxylic acids is 1. The molecule has 106 valence electrons. The Labute approximate surface area is 127 Å². The average Bonchev–Trinajstić information content (AvgIpc) is 2.82. The number of aromatic hydroxyl groups is 1. The van der Waals surface area contributed by atoms with Gasteiger partial charge in [-0.15, -0.1) is 0 Å². The van der Waals surface area contributed by atoms with Crippen LogP contribution < -0.4 is 0 Å². The maximum Gasteiger partial charge on any atom is 0.189 e. The molecule has 0 fully saturated rings. The molecule has 3 aromatic rings. The molecule has 0 unspecified atom stereocenters. The van der Waals surface area contributed by atoms with Crippen molar-refractivity contribution < 1.29 is 9.90 Å². The van der Waals surface area contributed by atoms with Gasteiger partial charge in [0.25, 0.3) is 0 Å². The van der Waals surface area contributed by atoms with Gasteiger partial charge in [-0.1, -0.05) is 24.3 Å². The molecule has 1 aliphatic carbocycles. The van der Waals surface area contributed by atoms with E-state index in [0.29, 0.717) is 17.6 Å². The van der Waals surface area contributed by atoms with Crippen molar-refractivity contribution in [3.8, 4) is 5.75 Å². The molecule has 1 heterocycles. The highest BCUT2D eigenvalue weighted by Gasteiger charge is 2.24. The number of hydrogen-bond acceptors (Lipinski definition) is 3. The summed E-state index contributed by atoms with van der Waals surface area (Å²) in [7, 11) is 0. The summed E-state index contributed by atoms with van der Waals surface area (Å²) >= 11 is 0. The van der Waals surface area contributed by atoms with Crippen LogP contribution in [0.1, 0.15) is 21.6 Å². The molecule has 1 N–H and O–H groups in total. The number of aromatic nitrogens is 1. The topological polar surface area (TPSA) is 50.2 Å². The van der Waals surface area contributed by atoms with E-state index in [0.717, 1.165) is 22.2 Å². The minimum Gasteiger partial charge on any atom is -0.508 e. The summed E-state index contributed by atoms with van der Waals surface area (Å²) < 4.78 is 0. The average molecular weight is 287 g/mol. The highest BCUT2D eigenvalue weighted by Crippen LogP contribution is 2.30. The minimum absolute atomic E-state index is 0.0185. The van der Waals surface area contributed by atoms with Gasteiger partial charge in [0, 0.05) is 22.9 Å². The number of allylic oxidation sites excluding steroid dienone is 1. The van der Waals surface area contributed by atoms with Gasteiger partial charge in [-0.3, -0.25) is 4.79 Å². The first-order chi connectivity index (χ1) is 10.7. The fourth-order valence-electron chi connectivity index (χ4n) is 2.86. The van der Waals surface area contributed by atoms with Gasteiger partial charge in [-0.05, 0) is 42.0 Å². The SMILES string of the molecule is O=C1/C(=C/c2ccc3ccccc3n2)Cc2cc(O)ccc21. The largest absolute Gasteiger partial charge is 0.508 e. The van der Waals surface area contributed by atoms with E-state index in [1.165, 1.54) is 0 Å². The molecule has 3 heteroatoms. The third-order valence-corrected chi connectivity index (χ3v) is 3.95. The second-order valence-electron chi connectivity index (χ2n) is 5.45. The number of phenols is 1. The van der Waals surface area contributed by atoms with Crippen molar-refractivity contribution in [2.45, 2.75) is 6.42 Å². The maximum atomic E-state index is 12.4. The van der Waals surface area contributed by atoms with E-state index < -0.39 is 0 Å². The van der Waals surface area contributed by atoms with Crippen molar-refractivity contribution in [2.75, 3.05) is 0 Å². The van der Waals surface area contributed by atoms with Crippen LogP contribution in [0.3, 0.4) is 0 Å². The fourth-order valence-corrected chi connectivity index (χ4v) is 2.86. The number of para-hydroxylation sites is 1. The van der Waals surface area contributed by atoms with E-state index in [9.17, 15) is 9.90 Å². The standard InChI is InChI=1S/C19H13NO2/c21-16-7-8-17-13(11-16)9-14(19(17)22)10-15-6-5-12-3-1-2-4-18(12)20-15/h1-8,10-11,21H,9H2/b14-10+. The van der Waals surface area contributed by atoms with E-state index in [-0.39, 0.29) is 11.5 Å². The lowest BCUT2D eigenvalue weighted by Crippen LogP contribution is -1.95. The first-order valence-electron chi connectivity index (χ1n) is 7.14. The van der Waals surface area contributed by atoms with Crippen LogP contribution in [0.15, 0.2) is 60.2 Å². The Morgan fingerprint density at radius 3 is 2.82 bits per heavy atom. The van der Waals surface area contributed by atoms with Crippen LogP contribution in [0.4, 0.5) is 0 Å². The van der Waals surface area contributed by atoms with E-state index >= 15 is 0 Å². The lowest BCUT2D eigenvalue weighted by Gasteiger charge is -2.00. The molecule has 0 saturated heterocycles. The van der Waals surface area contributed by atoms with Crippen LogP contribution in [0.25, 0.3) is 17.0 Å². The molecule has 4 rings (SSSR count). The zero-order valence-corrected chi connectivity index (χ0v) is 11.8. The third kappa shape index (κ3) is 2.07. The molecule has 0 amide bonds. The molecule has 0 radical (unpaired) electrons. The zero-order chi connectivity index (χ0) is 15.1. The maximum absolute atomic E-state index is 12.4. The number of ketones is 1. The van der Waals surface area contributed by atoms with Crippen molar-refractivity contribution in [2.24, 2.45) is 0 Å². The number of fused-ring (bicyclic) bond motifs is 2. The van der Waals surface area contributed by atoms with E-state index in [2.05, 4.69) is 4.98 Å². The highest BCUT2D eigenvalue weighted by atomic mass is 16.3. The zero-order valence-electron chi connectivity index (χ0n) is 11.8. The van der Waals surface area contributed by atoms with Gasteiger partial charge in [0.2, 0.25) is 0 Å². The lowest BCUT2D eigenvalue weighted by atomic mass is 10.1. The van der Waals surface area contributed by atoms with Gasteiger partial charge in [-0.2, -0.15) is 0 Å². The molecular formula is C19H13NO2. The number of hydrogen-bond donors (Lipinski definition) is 1. The van der Waals surface area contributed by atoms with Crippen LogP contribution in [0.5, 0.6) is 5.75 Å². The van der Waals surface area contributed by atoms with E-state index in [4.69, 9.17) is 0 Å². The van der Waals surface area contributed by atoms with Crippen molar-refractivity contribution in [3.63, 3.8) is 0 Å². The molecule has 0 atom stereocenters. The summed E-state index contributed by atoms with van der Waals surface area (Å²) in [6.45, 7) is 0. The summed E-state index contributed by atoms with van der Waals surface area (Å²) in [4.78, 5) is 17.0. The van der Waals surface area contributed by atoms with Crippen LogP contribution >= 0.6 is 0 Å². The number of nitrogens with zero attached hydrogens (tertiary/aromatic N) is 1. The van der Waals surface area contributed by atoms with Crippen LogP contribution in [-0.2, 0) is 6.42 Å². The molecule has 3 nitrogen and oxygen atoms in total. The Morgan fingerprint density at radius 1 is 1.05 bits per heavy atom. The molecule has 0 saturated carbocycles. The molecule has 1 aliphatic rings. The Bertz CT molecular complexity index is 941. The Balaban J connectivity index is 1.75. The van der Waals surface area contributed by atoms with Gasteiger partial charge in [0.05, 0.1) is 11.2 Å². The number of Topliss-reactive ketones (excluding diaryl/α,β-unsaturated/α-hetero) is 1. The van der Waals surface area contributed by atoms with Crippen molar-refractivity contribution >= 4 is 22.8 Å². The molecular weight excluding hydrogens is 274 g/mol. The Kier molecular flexibility index (Phi) is 2.79. The predicted octanol–water partition coefficient (Wildman–Crippen LogP) is 3.76. The number of benzene rings is 2. The highest BCUT2D eigenvalue weighted by molar-refractivity contribution is 6.15. The summed E-state index contributed by atoms with van der Waals surface area (Å²) in [6, 6.07) is 16.7. The van der Waals surface area contributed by atoms with Crippen molar-refractivity contribution in [1.82, 2.24) is 4.98 Å². The van der Waals surface area contributed by atoms with Gasteiger partial charge >= 0.3 is 0 Å². The number of carbonyl (C=O) groups is 1. The molecule has 22 heavy (non-hydrogen) atoms. The summed E-state index contributed by atoms with van der Waals surface area (Å²) in [6.07, 6.45) is 2.38. The normalized spacial score (nSPS) is 15.5. The summed E-state index contributed by atoms with van der Waals surface area (Å²) in [5.41, 5.74) is 3.95. The van der Waals surface area contributed by atoms with Gasteiger partial charge in [-0.25, -0.2) is 4.98 Å². The molecule has 0 spiro atoms. The van der Waals surface area contributed by atoms with E-state index in [1.807, 2.05) is 42.5 Å². The molecule has 0 bridgehead atoms. The third-order valence-electron chi connectivity index (χ3n) is 3.95. The van der Waals surface area contributed by atoms with Gasteiger partial charge in [0.15, 0.2) is 5.78 Å². The number of pyridine rings is 1. The van der Waals surface area contributed by atoms with Crippen LogP contribution in [-0.4, -0.2) is 15.9 Å². The smallest absolute Gasteiger partial charge is 0.189 e. The second kappa shape index (κ2) is 4.81. The predicted molar refractivity (Wildman–Crippen MR) is 85.9 cm³/mol. The van der Waals surface area contributed by atoms with Gasteiger partial charge in [0.1, 0.15) is 5.75 Å². The first kappa shape index (κ1) is 12.8. The first-order valence-corrected chi connectivity index (χ1v) is 7.14. The number of rotatable bonds is 1. The quantitative estimate of drug-likeness (QED) is 0.693. The van der Waals surface area contributed by atoms with E-state index in [1.54, 1.807) is 18.2 Å². The molecule has 0 aliphatic heterocycles. The Hall–Kier alpha value is -2.94. The van der Waals surface area contributed by atoms with Crippen LogP contribution in [0.2, 0.25) is 0 Å². The van der Waals surface area contributed by atoms with Crippen molar-refractivity contribution in [3.05, 3.63) is 77.0 Å². The summed E-state index contributed by atoms with van der Waals surface area (Å²) in [5.74, 6) is 0.210. The minimum atomic E-state index is 0.0185. The molecule has 1 aromatic heterocycles. The van der Waals surface area contributed by atoms with Crippen molar-refractivity contribution in [1.29, 1.82) is 0 Å². The second-order valence-corrected chi connectivity index (χ2v) is 5.45. The van der Waals surface area contributed by atoms with Gasteiger partial charge < -0.3 is 5.11 Å². The van der Waals surface area contributed by atoms with Crippen LogP contribution in [0, 0.1) is 0 Å². The number of phenolic OH excluding ortho intramolecular Hbond substituents is 1.